The molecule has 33 heavy (non-hydrogen) atoms. The smallest absolute Gasteiger partial charge is 0.368 e. The van der Waals surface area contributed by atoms with E-state index in [1.54, 1.807) is 11.0 Å². The summed E-state index contributed by atoms with van der Waals surface area (Å²) in [6.07, 6.45) is -2.82. The first-order chi connectivity index (χ1) is 15.6. The van der Waals surface area contributed by atoms with Crippen LogP contribution in [0.25, 0.3) is 0 Å². The van der Waals surface area contributed by atoms with Crippen molar-refractivity contribution in [2.75, 3.05) is 44.2 Å². The zero-order chi connectivity index (χ0) is 23.8. The Morgan fingerprint density at radius 3 is 2.21 bits per heavy atom. The lowest BCUT2D eigenvalue weighted by atomic mass is 10.1. The molecule has 2 aliphatic rings. The van der Waals surface area contributed by atoms with Gasteiger partial charge in [0.2, 0.25) is 10.0 Å². The largest absolute Gasteiger partial charge is 0.416 e. The minimum Gasteiger partial charge on any atom is -0.368 e. The van der Waals surface area contributed by atoms with Gasteiger partial charge in [-0.2, -0.15) is 17.5 Å². The molecule has 2 saturated heterocycles. The summed E-state index contributed by atoms with van der Waals surface area (Å²) >= 11 is 6.23. The molecular weight excluding hydrogens is 479 g/mol. The molecule has 2 heterocycles. The predicted octanol–water partition coefficient (Wildman–Crippen LogP) is 4.11. The van der Waals surface area contributed by atoms with Gasteiger partial charge < -0.3 is 9.80 Å². The van der Waals surface area contributed by atoms with E-state index in [2.05, 4.69) is 0 Å². The van der Waals surface area contributed by atoms with Crippen molar-refractivity contribution in [3.05, 3.63) is 58.6 Å². The summed E-state index contributed by atoms with van der Waals surface area (Å²) in [7, 11) is -3.70. The number of amides is 1. The molecule has 0 atom stereocenters. The quantitative estimate of drug-likeness (QED) is 0.632. The third kappa shape index (κ3) is 4.97. The van der Waals surface area contributed by atoms with Crippen LogP contribution in [0.2, 0.25) is 5.02 Å². The molecule has 0 aliphatic carbocycles. The van der Waals surface area contributed by atoms with Gasteiger partial charge in [0, 0.05) is 45.0 Å². The summed E-state index contributed by atoms with van der Waals surface area (Å²) in [5.41, 5.74) is -0.181. The average molecular weight is 502 g/mol. The summed E-state index contributed by atoms with van der Waals surface area (Å²) in [6, 6.07) is 9.22. The molecule has 0 aromatic heterocycles. The van der Waals surface area contributed by atoms with E-state index in [1.807, 2.05) is 0 Å². The Kier molecular flexibility index (Phi) is 6.61. The molecule has 6 nitrogen and oxygen atoms in total. The molecule has 2 fully saturated rings. The number of hydrogen-bond donors (Lipinski definition) is 0. The molecule has 0 spiro atoms. The van der Waals surface area contributed by atoms with Crippen LogP contribution in [0, 0.1) is 0 Å². The molecular formula is C22H23ClF3N3O3S. The van der Waals surface area contributed by atoms with Crippen LogP contribution < -0.4 is 4.90 Å². The van der Waals surface area contributed by atoms with Crippen molar-refractivity contribution in [1.29, 1.82) is 0 Å². The lowest BCUT2D eigenvalue weighted by molar-refractivity contribution is -0.137. The van der Waals surface area contributed by atoms with E-state index < -0.39 is 27.7 Å². The number of alkyl halides is 3. The van der Waals surface area contributed by atoms with Gasteiger partial charge >= 0.3 is 6.18 Å². The summed E-state index contributed by atoms with van der Waals surface area (Å²) in [4.78, 5) is 16.5. The number of nitrogens with zero attached hydrogens (tertiary/aromatic N) is 3. The van der Waals surface area contributed by atoms with Crippen molar-refractivity contribution >= 4 is 33.2 Å². The zero-order valence-electron chi connectivity index (χ0n) is 17.7. The van der Waals surface area contributed by atoms with Crippen molar-refractivity contribution in [1.82, 2.24) is 9.21 Å². The fourth-order valence-electron chi connectivity index (χ4n) is 4.12. The average Bonchev–Trinajstić information content (AvgIpc) is 3.34. The summed E-state index contributed by atoms with van der Waals surface area (Å²) in [5, 5.41) is 0.153. The first-order valence-electron chi connectivity index (χ1n) is 10.6. The Bertz CT molecular complexity index is 1140. The number of hydrogen-bond acceptors (Lipinski definition) is 4. The van der Waals surface area contributed by atoms with E-state index in [9.17, 15) is 26.4 Å². The first kappa shape index (κ1) is 23.8. The van der Waals surface area contributed by atoms with Crippen LogP contribution >= 0.6 is 11.6 Å². The van der Waals surface area contributed by atoms with Crippen molar-refractivity contribution < 1.29 is 26.4 Å². The van der Waals surface area contributed by atoms with E-state index in [-0.39, 0.29) is 28.6 Å². The maximum atomic E-state index is 13.1. The molecule has 178 valence electrons. The Balaban J connectivity index is 1.48. The normalized spacial score (nSPS) is 18.1. The van der Waals surface area contributed by atoms with Gasteiger partial charge in [0.15, 0.2) is 0 Å². The first-order valence-corrected chi connectivity index (χ1v) is 12.4. The Hall–Kier alpha value is -2.30. The van der Waals surface area contributed by atoms with Crippen LogP contribution in [-0.4, -0.2) is 62.8 Å². The molecule has 2 aromatic carbocycles. The Morgan fingerprint density at radius 2 is 1.58 bits per heavy atom. The maximum absolute atomic E-state index is 13.1. The molecule has 0 radical (unpaired) electrons. The fourth-order valence-corrected chi connectivity index (χ4v) is 5.87. The van der Waals surface area contributed by atoms with E-state index in [1.165, 1.54) is 33.5 Å². The third-order valence-electron chi connectivity index (χ3n) is 5.98. The molecule has 0 N–H and O–H groups in total. The molecule has 0 unspecified atom stereocenters. The number of rotatable bonds is 4. The summed E-state index contributed by atoms with van der Waals surface area (Å²) in [5.74, 6) is -0.401. The topological polar surface area (TPSA) is 60.9 Å². The van der Waals surface area contributed by atoms with Gasteiger partial charge in [-0.05, 0) is 49.2 Å². The van der Waals surface area contributed by atoms with E-state index in [4.69, 9.17) is 11.6 Å². The number of benzene rings is 2. The highest BCUT2D eigenvalue weighted by atomic mass is 35.5. The number of carbonyl (C=O) groups excluding carboxylic acids is 1. The second-order valence-electron chi connectivity index (χ2n) is 8.08. The second-order valence-corrected chi connectivity index (χ2v) is 10.4. The third-order valence-corrected chi connectivity index (χ3v) is 8.20. The van der Waals surface area contributed by atoms with Crippen molar-refractivity contribution in [2.45, 2.75) is 23.9 Å². The van der Waals surface area contributed by atoms with Gasteiger partial charge in [-0.3, -0.25) is 4.79 Å². The van der Waals surface area contributed by atoms with E-state index in [0.717, 1.165) is 25.0 Å². The molecule has 2 aromatic rings. The SMILES string of the molecule is O=C(c1cc(S(=O)(=O)N2CCCC2)ccc1Cl)N1CCN(c2cccc(C(F)(F)F)c2)CC1. The Labute approximate surface area is 195 Å². The minimum atomic E-state index is -4.43. The zero-order valence-corrected chi connectivity index (χ0v) is 19.3. The van der Waals surface area contributed by atoms with Crippen LogP contribution in [0.4, 0.5) is 18.9 Å². The van der Waals surface area contributed by atoms with E-state index >= 15 is 0 Å². The van der Waals surface area contributed by atoms with Crippen LogP contribution in [0.1, 0.15) is 28.8 Å². The van der Waals surface area contributed by atoms with Crippen LogP contribution in [0.5, 0.6) is 0 Å². The van der Waals surface area contributed by atoms with Gasteiger partial charge in [-0.15, -0.1) is 0 Å². The monoisotopic (exact) mass is 501 g/mol. The maximum Gasteiger partial charge on any atom is 0.416 e. The van der Waals surface area contributed by atoms with Gasteiger partial charge in [0.05, 0.1) is 21.0 Å². The number of halogens is 4. The fraction of sp³-hybridized carbons (Fsp3) is 0.409. The molecule has 1 amide bonds. The molecule has 0 bridgehead atoms. The molecule has 11 heteroatoms. The van der Waals surface area contributed by atoms with E-state index in [0.29, 0.717) is 31.9 Å². The van der Waals surface area contributed by atoms with Gasteiger partial charge in [0.25, 0.3) is 5.91 Å². The molecule has 0 saturated carbocycles. The lowest BCUT2D eigenvalue weighted by Gasteiger charge is -2.36. The molecule has 2 aliphatic heterocycles. The van der Waals surface area contributed by atoms with Crippen molar-refractivity contribution in [2.24, 2.45) is 0 Å². The van der Waals surface area contributed by atoms with Crippen LogP contribution in [0.3, 0.4) is 0 Å². The van der Waals surface area contributed by atoms with Crippen LogP contribution in [0.15, 0.2) is 47.4 Å². The number of piperazine rings is 1. The van der Waals surface area contributed by atoms with Gasteiger partial charge in [-0.25, -0.2) is 8.42 Å². The van der Waals surface area contributed by atoms with Crippen LogP contribution in [-0.2, 0) is 16.2 Å². The van der Waals surface area contributed by atoms with Gasteiger partial charge in [-0.1, -0.05) is 17.7 Å². The Morgan fingerprint density at radius 1 is 0.909 bits per heavy atom. The number of sulfonamides is 1. The molecule has 4 rings (SSSR count). The number of carbonyl (C=O) groups is 1. The lowest BCUT2D eigenvalue weighted by Crippen LogP contribution is -2.49. The van der Waals surface area contributed by atoms with Crippen molar-refractivity contribution in [3.63, 3.8) is 0 Å². The number of anilines is 1. The highest BCUT2D eigenvalue weighted by Gasteiger charge is 2.32. The predicted molar refractivity (Wildman–Crippen MR) is 119 cm³/mol. The second kappa shape index (κ2) is 9.15. The minimum absolute atomic E-state index is 0.0275. The summed E-state index contributed by atoms with van der Waals surface area (Å²) < 4.78 is 66.2. The van der Waals surface area contributed by atoms with Crippen molar-refractivity contribution in [3.8, 4) is 0 Å². The van der Waals surface area contributed by atoms with Gasteiger partial charge in [0.1, 0.15) is 0 Å². The highest BCUT2D eigenvalue weighted by molar-refractivity contribution is 7.89. The standard InChI is InChI=1S/C22H23ClF3N3O3S/c23-20-7-6-18(33(31,32)29-8-1-2-9-29)15-19(20)21(30)28-12-10-27(11-13-28)17-5-3-4-16(14-17)22(24,25)26/h3-7,14-15H,1-2,8-13H2. The summed E-state index contributed by atoms with van der Waals surface area (Å²) in [6.45, 7) is 2.13. The highest BCUT2D eigenvalue weighted by Crippen LogP contribution is 2.32.